The molecule has 166 valence electrons. The van der Waals surface area contributed by atoms with Gasteiger partial charge < -0.3 is 5.32 Å². The molecule has 2 N–H and O–H groups in total. The van der Waals surface area contributed by atoms with Crippen molar-refractivity contribution in [2.24, 2.45) is 0 Å². The molecule has 0 saturated carbocycles. The minimum Gasteiger partial charge on any atom is -0.325 e. The van der Waals surface area contributed by atoms with E-state index in [-0.39, 0.29) is 16.5 Å². The number of hydrogen-bond acceptors (Lipinski definition) is 6. The first kappa shape index (κ1) is 23.3. The second-order valence-electron chi connectivity index (χ2n) is 6.95. The molecule has 0 bridgehead atoms. The van der Waals surface area contributed by atoms with Gasteiger partial charge in [-0.15, -0.1) is 11.8 Å². The molecule has 0 aliphatic heterocycles. The predicted octanol–water partition coefficient (Wildman–Crippen LogP) is 4.82. The lowest BCUT2D eigenvalue weighted by Crippen LogP contribution is -2.22. The molecular weight excluding hydrogens is 450 g/mol. The van der Waals surface area contributed by atoms with E-state index in [1.807, 2.05) is 0 Å². The van der Waals surface area contributed by atoms with E-state index in [0.717, 1.165) is 10.5 Å². The number of hydrogen-bond donors (Lipinski definition) is 2. The third-order valence-electron chi connectivity index (χ3n) is 4.53. The first-order valence-electron chi connectivity index (χ1n) is 9.56. The number of amides is 1. The number of benzene rings is 3. The van der Waals surface area contributed by atoms with Crippen LogP contribution in [0.4, 0.5) is 17.1 Å². The number of rotatable bonds is 8. The lowest BCUT2D eigenvalue weighted by Gasteiger charge is -2.14. The molecule has 32 heavy (non-hydrogen) atoms. The lowest BCUT2D eigenvalue weighted by molar-refractivity contribution is -0.384. The molecule has 0 heterocycles. The van der Waals surface area contributed by atoms with E-state index < -0.39 is 20.2 Å². The number of nitrogens with one attached hydrogen (secondary N) is 2. The average molecular weight is 472 g/mol. The van der Waals surface area contributed by atoms with Crippen LogP contribution in [0.3, 0.4) is 0 Å². The summed E-state index contributed by atoms with van der Waals surface area (Å²) in [4.78, 5) is 24.0. The smallest absolute Gasteiger partial charge is 0.271 e. The zero-order chi connectivity index (χ0) is 23.3. The molecule has 1 amide bonds. The Hall–Kier alpha value is -3.37. The van der Waals surface area contributed by atoms with Crippen molar-refractivity contribution in [1.82, 2.24) is 0 Å². The highest BCUT2D eigenvalue weighted by Crippen LogP contribution is 2.28. The van der Waals surface area contributed by atoms with Crippen LogP contribution in [0.25, 0.3) is 0 Å². The fraction of sp³-hybridized carbons (Fsp3) is 0.136. The van der Waals surface area contributed by atoms with Gasteiger partial charge >= 0.3 is 0 Å². The Morgan fingerprint density at radius 2 is 1.69 bits per heavy atom. The Labute approximate surface area is 190 Å². The number of nitrogens with zero attached hydrogens (tertiary/aromatic N) is 1. The summed E-state index contributed by atoms with van der Waals surface area (Å²) in [6.07, 6.45) is 0. The van der Waals surface area contributed by atoms with Gasteiger partial charge in [0.25, 0.3) is 15.7 Å². The van der Waals surface area contributed by atoms with Crippen molar-refractivity contribution in [3.05, 3.63) is 88.5 Å². The van der Waals surface area contributed by atoms with Gasteiger partial charge in [0.15, 0.2) is 0 Å². The number of carbonyl (C=O) groups is 1. The molecule has 0 saturated heterocycles. The van der Waals surface area contributed by atoms with Crippen molar-refractivity contribution in [2.75, 3.05) is 10.0 Å². The van der Waals surface area contributed by atoms with Gasteiger partial charge in [-0.1, -0.05) is 24.3 Å². The van der Waals surface area contributed by atoms with E-state index in [9.17, 15) is 23.3 Å². The Morgan fingerprint density at radius 3 is 2.31 bits per heavy atom. The van der Waals surface area contributed by atoms with Gasteiger partial charge in [-0.05, 0) is 55.8 Å². The van der Waals surface area contributed by atoms with Crippen molar-refractivity contribution in [2.45, 2.75) is 28.9 Å². The van der Waals surface area contributed by atoms with Crippen LogP contribution >= 0.6 is 11.8 Å². The summed E-state index contributed by atoms with van der Waals surface area (Å²) in [7, 11) is -3.68. The van der Waals surface area contributed by atoms with Crippen LogP contribution in [0.1, 0.15) is 12.5 Å². The van der Waals surface area contributed by atoms with E-state index in [4.69, 9.17) is 0 Å². The lowest BCUT2D eigenvalue weighted by atomic mass is 10.2. The first-order valence-corrected chi connectivity index (χ1v) is 11.9. The van der Waals surface area contributed by atoms with E-state index in [1.54, 1.807) is 62.4 Å². The zero-order valence-electron chi connectivity index (χ0n) is 17.3. The number of sulfonamides is 1. The highest BCUT2D eigenvalue weighted by atomic mass is 32.2. The monoisotopic (exact) mass is 471 g/mol. The van der Waals surface area contributed by atoms with Gasteiger partial charge in [0.2, 0.25) is 5.91 Å². The van der Waals surface area contributed by atoms with Crippen LogP contribution in [0.15, 0.2) is 82.6 Å². The molecule has 3 aromatic carbocycles. The minimum absolute atomic E-state index is 0.0975. The van der Waals surface area contributed by atoms with Crippen LogP contribution < -0.4 is 10.0 Å². The van der Waals surface area contributed by atoms with Crippen LogP contribution in [0.5, 0.6) is 0 Å². The molecule has 0 spiro atoms. The molecule has 0 radical (unpaired) electrons. The van der Waals surface area contributed by atoms with Crippen molar-refractivity contribution in [3.63, 3.8) is 0 Å². The zero-order valence-corrected chi connectivity index (χ0v) is 18.9. The number of non-ortho nitro benzene ring substituents is 1. The Morgan fingerprint density at radius 1 is 1.03 bits per heavy atom. The summed E-state index contributed by atoms with van der Waals surface area (Å²) in [6.45, 7) is 3.48. The summed E-state index contributed by atoms with van der Waals surface area (Å²) in [5.41, 5.74) is 1.42. The Kier molecular flexibility index (Phi) is 7.16. The molecule has 1 atom stereocenters. The standard InChI is InChI=1S/C22H21N3O5S2/c1-15-8-11-18(25(27)28)14-21(15)23-22(26)16(2)31-19-12-9-17(10-13-19)24-32(29,30)20-6-4-3-5-7-20/h3-14,16,24H,1-2H3,(H,23,26). The van der Waals surface area contributed by atoms with Crippen molar-refractivity contribution >= 4 is 44.8 Å². The maximum atomic E-state index is 12.6. The van der Waals surface area contributed by atoms with Crippen LogP contribution in [0, 0.1) is 17.0 Å². The predicted molar refractivity (Wildman–Crippen MR) is 125 cm³/mol. The summed E-state index contributed by atoms with van der Waals surface area (Å²) >= 11 is 1.29. The van der Waals surface area contributed by atoms with Gasteiger partial charge in [0.1, 0.15) is 0 Å². The first-order chi connectivity index (χ1) is 15.2. The highest BCUT2D eigenvalue weighted by molar-refractivity contribution is 8.00. The third-order valence-corrected chi connectivity index (χ3v) is 7.04. The second kappa shape index (κ2) is 9.84. The summed E-state index contributed by atoms with van der Waals surface area (Å²) in [5, 5.41) is 13.2. The maximum Gasteiger partial charge on any atom is 0.271 e. The van der Waals surface area contributed by atoms with Gasteiger partial charge in [-0.2, -0.15) is 0 Å². The number of aryl methyl sites for hydroxylation is 1. The molecule has 0 fully saturated rings. The molecule has 1 unspecified atom stereocenters. The van der Waals surface area contributed by atoms with Crippen molar-refractivity contribution in [1.29, 1.82) is 0 Å². The van der Waals surface area contributed by atoms with E-state index in [1.165, 1.54) is 36.0 Å². The van der Waals surface area contributed by atoms with Gasteiger partial charge in [-0.3, -0.25) is 19.6 Å². The molecule has 0 aliphatic carbocycles. The van der Waals surface area contributed by atoms with Crippen LogP contribution in [-0.2, 0) is 14.8 Å². The fourth-order valence-corrected chi connectivity index (χ4v) is 4.71. The van der Waals surface area contributed by atoms with E-state index in [0.29, 0.717) is 11.4 Å². The van der Waals surface area contributed by atoms with Gasteiger partial charge in [0.05, 0.1) is 20.8 Å². The topological polar surface area (TPSA) is 118 Å². The van der Waals surface area contributed by atoms with E-state index >= 15 is 0 Å². The van der Waals surface area contributed by atoms with Crippen LogP contribution in [0.2, 0.25) is 0 Å². The van der Waals surface area contributed by atoms with Crippen molar-refractivity contribution in [3.8, 4) is 0 Å². The Bertz CT molecular complexity index is 1230. The normalized spacial score (nSPS) is 12.1. The molecule has 3 rings (SSSR count). The quantitative estimate of drug-likeness (QED) is 0.276. The largest absolute Gasteiger partial charge is 0.325 e. The minimum atomic E-state index is -3.68. The number of thioether (sulfide) groups is 1. The SMILES string of the molecule is Cc1ccc([N+](=O)[O-])cc1NC(=O)C(C)Sc1ccc(NS(=O)(=O)c2ccccc2)cc1. The Balaban J connectivity index is 1.63. The maximum absolute atomic E-state index is 12.6. The average Bonchev–Trinajstić information content (AvgIpc) is 2.76. The van der Waals surface area contributed by atoms with E-state index in [2.05, 4.69) is 10.0 Å². The molecule has 0 aliphatic rings. The molecule has 0 aromatic heterocycles. The number of nitro groups is 1. The van der Waals surface area contributed by atoms with Gasteiger partial charge in [0, 0.05) is 22.7 Å². The number of anilines is 2. The molecule has 8 nitrogen and oxygen atoms in total. The summed E-state index contributed by atoms with van der Waals surface area (Å²) < 4.78 is 27.3. The molecular formula is C22H21N3O5S2. The fourth-order valence-electron chi connectivity index (χ4n) is 2.77. The molecule has 3 aromatic rings. The van der Waals surface area contributed by atoms with Crippen molar-refractivity contribution < 1.29 is 18.1 Å². The summed E-state index contributed by atoms with van der Waals surface area (Å²) in [6, 6.07) is 19.0. The number of nitro benzene ring substituents is 1. The van der Waals surface area contributed by atoms with Gasteiger partial charge in [-0.25, -0.2) is 8.42 Å². The molecule has 10 heteroatoms. The highest BCUT2D eigenvalue weighted by Gasteiger charge is 2.18. The third kappa shape index (κ3) is 5.86. The second-order valence-corrected chi connectivity index (χ2v) is 10.0. The summed E-state index contributed by atoms with van der Waals surface area (Å²) in [5.74, 6) is -0.299. The van der Waals surface area contributed by atoms with Crippen LogP contribution in [-0.4, -0.2) is 24.5 Å². The number of carbonyl (C=O) groups excluding carboxylic acids is 1.